The molecule has 2 aromatic rings. The van der Waals surface area contributed by atoms with Crippen molar-refractivity contribution < 1.29 is 30.0 Å². The van der Waals surface area contributed by atoms with Crippen LogP contribution in [0, 0.1) is 58.2 Å². The molecular formula is C45H60Br2O6. The first kappa shape index (κ1) is 40.3. The van der Waals surface area contributed by atoms with Gasteiger partial charge in [-0.1, -0.05) is 60.0 Å². The summed E-state index contributed by atoms with van der Waals surface area (Å²) in [5.74, 6) is 3.24. The van der Waals surface area contributed by atoms with Crippen molar-refractivity contribution in [3.05, 3.63) is 61.5 Å². The molecule has 6 rings (SSSR count). The van der Waals surface area contributed by atoms with E-state index in [4.69, 9.17) is 0 Å². The Morgan fingerprint density at radius 2 is 1.38 bits per heavy atom. The minimum absolute atomic E-state index is 0.240. The van der Waals surface area contributed by atoms with E-state index in [9.17, 15) is 30.0 Å². The summed E-state index contributed by atoms with van der Waals surface area (Å²) in [6.07, 6.45) is 20.1. The maximum absolute atomic E-state index is 12.0. The van der Waals surface area contributed by atoms with Gasteiger partial charge < -0.3 is 20.4 Å². The van der Waals surface area contributed by atoms with Crippen LogP contribution in [0.3, 0.4) is 0 Å². The Bertz CT molecular complexity index is 1660. The fraction of sp³-hybridized carbons (Fsp3) is 0.644. The molecule has 4 fully saturated rings. The SMILES string of the molecule is CC(C)CCC[C@@H](C)[C@H]1CC[C@H]2[C@@H]3CCC4CC(CCC=C(c5cc(Br)c(O)c(C(=O)O)c5)c5cc(Br)c(O)c(C(=O)O)c5)CC[C@]4(C)[C@H]3CC[C@]12C. The van der Waals surface area contributed by atoms with Crippen LogP contribution in [0.1, 0.15) is 156 Å². The molecule has 0 amide bonds. The van der Waals surface area contributed by atoms with Gasteiger partial charge in [0.05, 0.1) is 8.95 Å². The first-order valence-electron chi connectivity index (χ1n) is 20.3. The third-order valence-electron chi connectivity index (χ3n) is 15.1. The third-order valence-corrected chi connectivity index (χ3v) is 16.3. The fourth-order valence-electron chi connectivity index (χ4n) is 12.3. The van der Waals surface area contributed by atoms with Crippen molar-refractivity contribution in [1.82, 2.24) is 0 Å². The van der Waals surface area contributed by atoms with Gasteiger partial charge in [0, 0.05) is 0 Å². The Morgan fingerprint density at radius 3 is 1.96 bits per heavy atom. The first-order chi connectivity index (χ1) is 25.0. The molecular weight excluding hydrogens is 796 g/mol. The normalized spacial score (nSPS) is 31.3. The number of aromatic hydroxyl groups is 2. The van der Waals surface area contributed by atoms with Gasteiger partial charge in [-0.25, -0.2) is 9.59 Å². The number of phenols is 2. The van der Waals surface area contributed by atoms with E-state index in [2.05, 4.69) is 72.6 Å². The number of fused-ring (bicyclic) bond motifs is 5. The van der Waals surface area contributed by atoms with E-state index >= 15 is 0 Å². The van der Waals surface area contributed by atoms with E-state index in [-0.39, 0.29) is 31.6 Å². The molecule has 0 radical (unpaired) electrons. The van der Waals surface area contributed by atoms with Crippen molar-refractivity contribution in [1.29, 1.82) is 0 Å². The van der Waals surface area contributed by atoms with Gasteiger partial charge >= 0.3 is 11.9 Å². The monoisotopic (exact) mass is 854 g/mol. The molecule has 4 aliphatic carbocycles. The number of carboxylic acids is 2. The van der Waals surface area contributed by atoms with Crippen molar-refractivity contribution in [2.45, 2.75) is 125 Å². The fourth-order valence-corrected chi connectivity index (χ4v) is 13.3. The number of carboxylic acid groups (broad SMARTS) is 2. The predicted octanol–water partition coefficient (Wildman–Crippen LogP) is 13.0. The molecule has 0 heterocycles. The van der Waals surface area contributed by atoms with Crippen LogP contribution < -0.4 is 0 Å². The van der Waals surface area contributed by atoms with E-state index in [1.54, 1.807) is 12.1 Å². The maximum Gasteiger partial charge on any atom is 0.339 e. The van der Waals surface area contributed by atoms with Crippen LogP contribution >= 0.6 is 31.9 Å². The highest BCUT2D eigenvalue weighted by Crippen LogP contribution is 2.69. The van der Waals surface area contributed by atoms with Crippen LogP contribution in [-0.2, 0) is 0 Å². The lowest BCUT2D eigenvalue weighted by molar-refractivity contribution is -0.121. The smallest absolute Gasteiger partial charge is 0.339 e. The van der Waals surface area contributed by atoms with Gasteiger partial charge in [-0.3, -0.25) is 0 Å². The van der Waals surface area contributed by atoms with Gasteiger partial charge in [0.25, 0.3) is 0 Å². The van der Waals surface area contributed by atoms with Crippen LogP contribution in [0.5, 0.6) is 11.5 Å². The minimum atomic E-state index is -1.26. The molecule has 4 saturated carbocycles. The zero-order valence-electron chi connectivity index (χ0n) is 32.3. The second kappa shape index (κ2) is 16.0. The van der Waals surface area contributed by atoms with E-state index in [0.29, 0.717) is 33.4 Å². The van der Waals surface area contributed by atoms with Crippen LogP contribution in [0.2, 0.25) is 0 Å². The second-order valence-electron chi connectivity index (χ2n) is 18.3. The Hall–Kier alpha value is -2.32. The molecule has 9 atom stereocenters. The Labute approximate surface area is 333 Å². The van der Waals surface area contributed by atoms with Crippen LogP contribution in [0.15, 0.2) is 39.3 Å². The average Bonchev–Trinajstić information content (AvgIpc) is 3.46. The van der Waals surface area contributed by atoms with Gasteiger partial charge in [0.1, 0.15) is 22.6 Å². The van der Waals surface area contributed by atoms with Crippen molar-refractivity contribution in [3.8, 4) is 11.5 Å². The van der Waals surface area contributed by atoms with Crippen molar-refractivity contribution in [2.24, 2.45) is 58.2 Å². The number of aromatic carboxylic acids is 2. The molecule has 0 bridgehead atoms. The molecule has 6 nitrogen and oxygen atoms in total. The lowest BCUT2D eigenvalue weighted by Gasteiger charge is -2.61. The highest BCUT2D eigenvalue weighted by molar-refractivity contribution is 9.11. The molecule has 8 heteroatoms. The Morgan fingerprint density at radius 1 is 0.792 bits per heavy atom. The minimum Gasteiger partial charge on any atom is -0.506 e. The average molecular weight is 857 g/mol. The van der Waals surface area contributed by atoms with Gasteiger partial charge in [0.2, 0.25) is 0 Å². The predicted molar refractivity (Wildman–Crippen MR) is 218 cm³/mol. The first-order valence-corrected chi connectivity index (χ1v) is 21.9. The number of rotatable bonds is 12. The van der Waals surface area contributed by atoms with Crippen molar-refractivity contribution in [3.63, 3.8) is 0 Å². The zero-order chi connectivity index (χ0) is 38.4. The van der Waals surface area contributed by atoms with Gasteiger partial charge in [-0.2, -0.15) is 0 Å². The molecule has 0 aliphatic heterocycles. The Balaban J connectivity index is 1.17. The van der Waals surface area contributed by atoms with Gasteiger partial charge in [-0.15, -0.1) is 0 Å². The van der Waals surface area contributed by atoms with Gasteiger partial charge in [0.15, 0.2) is 0 Å². The quantitative estimate of drug-likeness (QED) is 0.169. The summed E-state index contributed by atoms with van der Waals surface area (Å²) in [7, 11) is 0. The van der Waals surface area contributed by atoms with Crippen LogP contribution in [0.4, 0.5) is 0 Å². The molecule has 2 aromatic carbocycles. The third kappa shape index (κ3) is 7.89. The maximum atomic E-state index is 12.0. The summed E-state index contributed by atoms with van der Waals surface area (Å²) in [4.78, 5) is 24.0. The topological polar surface area (TPSA) is 115 Å². The van der Waals surface area contributed by atoms with Crippen LogP contribution in [0.25, 0.3) is 5.57 Å². The molecule has 290 valence electrons. The highest BCUT2D eigenvalue weighted by atomic mass is 79.9. The molecule has 0 aromatic heterocycles. The standard InChI is InChI=1S/C45H60Br2O6/c1-25(2)8-6-9-26(3)35-14-15-36-32-13-12-30-20-27(16-18-44(30,4)37(32)17-19-45(35,36)5)10-7-11-31(28-21-33(42(50)51)40(48)38(46)23-28)29-22-34(43(52)53)41(49)39(47)24-29/h11,21-27,30,32,35-37,48-49H,6-10,12-20H2,1-5H3,(H,50,51)(H,52,53)/t26-,27?,30?,32+,35-,36+,37+,44+,45-/m1/s1. The molecule has 4 N–H and O–H groups in total. The molecule has 4 aliphatic rings. The van der Waals surface area contributed by atoms with Crippen LogP contribution in [-0.4, -0.2) is 32.4 Å². The summed E-state index contributed by atoms with van der Waals surface area (Å²) in [5.41, 5.74) is 2.18. The number of halogens is 2. The van der Waals surface area contributed by atoms with E-state index in [0.717, 1.165) is 54.3 Å². The lowest BCUT2D eigenvalue weighted by atomic mass is 9.44. The number of hydrogen-bond acceptors (Lipinski definition) is 4. The zero-order valence-corrected chi connectivity index (χ0v) is 35.4. The van der Waals surface area contributed by atoms with Crippen molar-refractivity contribution in [2.75, 3.05) is 0 Å². The summed E-state index contributed by atoms with van der Waals surface area (Å²) in [6, 6.07) is 6.17. The summed E-state index contributed by atoms with van der Waals surface area (Å²) in [6.45, 7) is 12.6. The van der Waals surface area contributed by atoms with E-state index in [1.807, 2.05) is 0 Å². The Kier molecular flexibility index (Phi) is 12.2. The summed E-state index contributed by atoms with van der Waals surface area (Å²) < 4.78 is 0.480. The molecule has 0 saturated heterocycles. The number of carbonyl (C=O) groups is 2. The number of hydrogen-bond donors (Lipinski definition) is 4. The lowest BCUT2D eigenvalue weighted by Crippen LogP contribution is -2.53. The summed E-state index contributed by atoms with van der Waals surface area (Å²) in [5, 5.41) is 40.5. The van der Waals surface area contributed by atoms with Gasteiger partial charge in [-0.05, 0) is 202 Å². The largest absolute Gasteiger partial charge is 0.506 e. The molecule has 2 unspecified atom stereocenters. The summed E-state index contributed by atoms with van der Waals surface area (Å²) >= 11 is 6.64. The number of benzene rings is 2. The molecule has 0 spiro atoms. The number of allylic oxidation sites excluding steroid dienone is 1. The second-order valence-corrected chi connectivity index (χ2v) is 20.1. The van der Waals surface area contributed by atoms with Crippen molar-refractivity contribution >= 4 is 49.4 Å². The van der Waals surface area contributed by atoms with E-state index in [1.165, 1.54) is 89.2 Å². The highest BCUT2D eigenvalue weighted by Gasteiger charge is 2.60. The van der Waals surface area contributed by atoms with E-state index < -0.39 is 11.9 Å². The molecule has 53 heavy (non-hydrogen) atoms.